The zero-order valence-corrected chi connectivity index (χ0v) is 14.7. The molecular formula is C18H23ClN2O3. The van der Waals surface area contributed by atoms with Crippen LogP contribution in [0.3, 0.4) is 0 Å². The van der Waals surface area contributed by atoms with Gasteiger partial charge < -0.3 is 14.5 Å². The number of nitrogens with zero attached hydrogens (tertiary/aromatic N) is 2. The van der Waals surface area contributed by atoms with Gasteiger partial charge in [-0.15, -0.1) is 0 Å². The lowest BCUT2D eigenvalue weighted by atomic mass is 9.96. The molecule has 2 amide bonds. The van der Waals surface area contributed by atoms with Gasteiger partial charge in [0.1, 0.15) is 0 Å². The third-order valence-electron chi connectivity index (χ3n) is 4.85. The van der Waals surface area contributed by atoms with Crippen molar-refractivity contribution in [3.05, 3.63) is 34.9 Å². The van der Waals surface area contributed by atoms with E-state index >= 15 is 0 Å². The first-order valence-corrected chi connectivity index (χ1v) is 8.81. The lowest BCUT2D eigenvalue weighted by molar-refractivity contribution is -0.140. The van der Waals surface area contributed by atoms with E-state index in [4.69, 9.17) is 16.3 Å². The molecule has 0 saturated carbocycles. The minimum Gasteiger partial charge on any atom is -0.378 e. The van der Waals surface area contributed by atoms with Crippen LogP contribution < -0.4 is 0 Å². The lowest BCUT2D eigenvalue weighted by Crippen LogP contribution is -2.45. The molecule has 1 aromatic rings. The third kappa shape index (κ3) is 3.90. The number of carbonyl (C=O) groups excluding carboxylic acids is 2. The standard InChI is InChI=1S/C18H23ClN2O3/c1-13-11-21(17(22)10-14-3-2-4-15(19)9-14)12-16(13)18(23)20-5-7-24-8-6-20/h2-4,9,13,16H,5-8,10-12H2,1H3/t13-,16-/m1/s1. The maximum absolute atomic E-state index is 12.7. The number of likely N-dealkylation sites (tertiary alicyclic amines) is 1. The predicted octanol–water partition coefficient (Wildman–Crippen LogP) is 1.84. The van der Waals surface area contributed by atoms with E-state index in [2.05, 4.69) is 6.92 Å². The third-order valence-corrected chi connectivity index (χ3v) is 5.08. The Morgan fingerprint density at radius 2 is 1.96 bits per heavy atom. The van der Waals surface area contributed by atoms with Gasteiger partial charge in [-0.2, -0.15) is 0 Å². The Morgan fingerprint density at radius 1 is 1.21 bits per heavy atom. The van der Waals surface area contributed by atoms with E-state index in [1.54, 1.807) is 6.07 Å². The van der Waals surface area contributed by atoms with E-state index in [-0.39, 0.29) is 23.7 Å². The molecule has 0 aliphatic carbocycles. The highest BCUT2D eigenvalue weighted by Crippen LogP contribution is 2.26. The fourth-order valence-electron chi connectivity index (χ4n) is 3.44. The maximum atomic E-state index is 12.7. The number of rotatable bonds is 3. The number of morpholine rings is 1. The van der Waals surface area contributed by atoms with Crippen LogP contribution in [-0.4, -0.2) is 61.0 Å². The molecule has 0 aromatic heterocycles. The topological polar surface area (TPSA) is 49.9 Å². The Morgan fingerprint density at radius 3 is 2.67 bits per heavy atom. The quantitative estimate of drug-likeness (QED) is 0.835. The largest absolute Gasteiger partial charge is 0.378 e. The highest BCUT2D eigenvalue weighted by molar-refractivity contribution is 6.30. The first-order chi connectivity index (χ1) is 11.5. The number of hydrogen-bond donors (Lipinski definition) is 0. The molecule has 0 unspecified atom stereocenters. The van der Waals surface area contributed by atoms with Crippen molar-refractivity contribution in [1.82, 2.24) is 9.80 Å². The van der Waals surface area contributed by atoms with Gasteiger partial charge in [0.05, 0.1) is 25.6 Å². The Kier molecular flexibility index (Phi) is 5.41. The summed E-state index contributed by atoms with van der Waals surface area (Å²) in [6, 6.07) is 7.36. The summed E-state index contributed by atoms with van der Waals surface area (Å²) in [4.78, 5) is 28.9. The Labute approximate surface area is 147 Å². The second-order valence-electron chi connectivity index (χ2n) is 6.63. The van der Waals surface area contributed by atoms with E-state index in [9.17, 15) is 9.59 Å². The number of ether oxygens (including phenoxy) is 1. The summed E-state index contributed by atoms with van der Waals surface area (Å²) in [5.74, 6) is 0.292. The average molecular weight is 351 g/mol. The molecule has 2 aliphatic rings. The first-order valence-electron chi connectivity index (χ1n) is 8.43. The number of carbonyl (C=O) groups is 2. The van der Waals surface area contributed by atoms with Gasteiger partial charge in [0, 0.05) is 31.2 Å². The lowest BCUT2D eigenvalue weighted by Gasteiger charge is -2.30. The van der Waals surface area contributed by atoms with Crippen LogP contribution in [-0.2, 0) is 20.7 Å². The van der Waals surface area contributed by atoms with Crippen molar-refractivity contribution in [2.75, 3.05) is 39.4 Å². The smallest absolute Gasteiger partial charge is 0.227 e. The molecular weight excluding hydrogens is 328 g/mol. The van der Waals surface area contributed by atoms with E-state index in [0.717, 1.165) is 5.56 Å². The van der Waals surface area contributed by atoms with Crippen LogP contribution in [0.2, 0.25) is 5.02 Å². The minimum absolute atomic E-state index is 0.0568. The molecule has 5 nitrogen and oxygen atoms in total. The SMILES string of the molecule is C[C@@H]1CN(C(=O)Cc2cccc(Cl)c2)C[C@H]1C(=O)N1CCOCC1. The molecule has 2 fully saturated rings. The molecule has 0 radical (unpaired) electrons. The summed E-state index contributed by atoms with van der Waals surface area (Å²) >= 11 is 5.98. The van der Waals surface area contributed by atoms with Crippen LogP contribution in [0.4, 0.5) is 0 Å². The fraction of sp³-hybridized carbons (Fsp3) is 0.556. The molecule has 130 valence electrons. The van der Waals surface area contributed by atoms with Crippen LogP contribution >= 0.6 is 11.6 Å². The Hall–Kier alpha value is -1.59. The first kappa shape index (κ1) is 17.2. The number of benzene rings is 1. The number of amides is 2. The minimum atomic E-state index is -0.105. The summed E-state index contributed by atoms with van der Waals surface area (Å²) in [6.45, 7) is 5.71. The van der Waals surface area contributed by atoms with Crippen molar-refractivity contribution in [2.24, 2.45) is 11.8 Å². The summed E-state index contributed by atoms with van der Waals surface area (Å²) in [5.41, 5.74) is 0.906. The van der Waals surface area contributed by atoms with Crippen molar-refractivity contribution < 1.29 is 14.3 Å². The summed E-state index contributed by atoms with van der Waals surface area (Å²) in [5, 5.41) is 0.635. The van der Waals surface area contributed by atoms with Gasteiger partial charge in [0.25, 0.3) is 0 Å². The molecule has 0 bridgehead atoms. The monoisotopic (exact) mass is 350 g/mol. The summed E-state index contributed by atoms with van der Waals surface area (Å²) in [6.07, 6.45) is 0.325. The van der Waals surface area contributed by atoms with Crippen molar-refractivity contribution in [2.45, 2.75) is 13.3 Å². The van der Waals surface area contributed by atoms with Gasteiger partial charge >= 0.3 is 0 Å². The van der Waals surface area contributed by atoms with Gasteiger partial charge in [-0.3, -0.25) is 9.59 Å². The summed E-state index contributed by atoms with van der Waals surface area (Å²) < 4.78 is 5.31. The van der Waals surface area contributed by atoms with Gasteiger partial charge in [-0.05, 0) is 23.6 Å². The fourth-order valence-corrected chi connectivity index (χ4v) is 3.66. The molecule has 6 heteroatoms. The van der Waals surface area contributed by atoms with Gasteiger partial charge in [-0.25, -0.2) is 0 Å². The van der Waals surface area contributed by atoms with E-state index in [1.165, 1.54) is 0 Å². The van der Waals surface area contributed by atoms with Crippen molar-refractivity contribution in [1.29, 1.82) is 0 Å². The molecule has 3 rings (SSSR count). The average Bonchev–Trinajstić information content (AvgIpc) is 2.97. The molecule has 1 aromatic carbocycles. The predicted molar refractivity (Wildman–Crippen MR) is 91.8 cm³/mol. The molecule has 2 heterocycles. The van der Waals surface area contributed by atoms with Crippen LogP contribution in [0.25, 0.3) is 0 Å². The van der Waals surface area contributed by atoms with E-state index < -0.39 is 0 Å². The molecule has 0 N–H and O–H groups in total. The zero-order valence-electron chi connectivity index (χ0n) is 13.9. The summed E-state index contributed by atoms with van der Waals surface area (Å²) in [7, 11) is 0. The zero-order chi connectivity index (χ0) is 17.1. The number of hydrogen-bond acceptors (Lipinski definition) is 3. The molecule has 0 spiro atoms. The van der Waals surface area contributed by atoms with Crippen LogP contribution in [0.15, 0.2) is 24.3 Å². The van der Waals surface area contributed by atoms with Gasteiger partial charge in [0.15, 0.2) is 0 Å². The van der Waals surface area contributed by atoms with E-state index in [0.29, 0.717) is 50.8 Å². The van der Waals surface area contributed by atoms with Crippen molar-refractivity contribution in [3.63, 3.8) is 0 Å². The number of halogens is 1. The second-order valence-corrected chi connectivity index (χ2v) is 7.06. The van der Waals surface area contributed by atoms with Crippen LogP contribution in [0, 0.1) is 11.8 Å². The van der Waals surface area contributed by atoms with Crippen LogP contribution in [0.1, 0.15) is 12.5 Å². The van der Waals surface area contributed by atoms with Crippen LogP contribution in [0.5, 0.6) is 0 Å². The van der Waals surface area contributed by atoms with Crippen molar-refractivity contribution >= 4 is 23.4 Å². The normalized spacial score (nSPS) is 24.2. The van der Waals surface area contributed by atoms with Crippen molar-refractivity contribution in [3.8, 4) is 0 Å². The molecule has 2 saturated heterocycles. The Bertz CT molecular complexity index is 616. The Balaban J connectivity index is 1.60. The second kappa shape index (κ2) is 7.53. The molecule has 2 aliphatic heterocycles. The molecule has 2 atom stereocenters. The maximum Gasteiger partial charge on any atom is 0.227 e. The van der Waals surface area contributed by atoms with E-state index in [1.807, 2.05) is 28.0 Å². The highest BCUT2D eigenvalue weighted by Gasteiger charge is 2.39. The molecule has 24 heavy (non-hydrogen) atoms. The highest BCUT2D eigenvalue weighted by atomic mass is 35.5. The van der Waals surface area contributed by atoms with Gasteiger partial charge in [-0.1, -0.05) is 30.7 Å². The van der Waals surface area contributed by atoms with Gasteiger partial charge in [0.2, 0.25) is 11.8 Å².